The fourth-order valence-corrected chi connectivity index (χ4v) is 3.16. The van der Waals surface area contributed by atoms with Gasteiger partial charge in [0.05, 0.1) is 10.6 Å². The van der Waals surface area contributed by atoms with E-state index in [1.54, 1.807) is 12.1 Å². The lowest BCUT2D eigenvalue weighted by molar-refractivity contribution is 0.595. The number of rotatable bonds is 4. The van der Waals surface area contributed by atoms with Gasteiger partial charge in [-0.3, -0.25) is 0 Å². The number of hydrogen-bond acceptors (Lipinski definition) is 2. The van der Waals surface area contributed by atoms with Crippen molar-refractivity contribution in [2.24, 2.45) is 0 Å². The highest BCUT2D eigenvalue weighted by Gasteiger charge is 2.14. The van der Waals surface area contributed by atoms with Crippen molar-refractivity contribution in [1.29, 1.82) is 0 Å². The second kappa shape index (κ2) is 5.36. The van der Waals surface area contributed by atoms with Gasteiger partial charge < -0.3 is 0 Å². The molecular formula is C15H16O2S. The second-order valence-corrected chi connectivity index (χ2v) is 6.23. The average Bonchev–Trinajstić information content (AvgIpc) is 2.39. The van der Waals surface area contributed by atoms with E-state index in [0.29, 0.717) is 4.90 Å². The van der Waals surface area contributed by atoms with Crippen molar-refractivity contribution in [2.45, 2.75) is 24.0 Å². The lowest BCUT2D eigenvalue weighted by Gasteiger charge is -2.05. The van der Waals surface area contributed by atoms with E-state index in [9.17, 15) is 8.42 Å². The highest BCUT2D eigenvalue weighted by atomic mass is 32.2. The minimum absolute atomic E-state index is 0.0549. The van der Waals surface area contributed by atoms with E-state index >= 15 is 0 Å². The standard InChI is InChI=1S/C15H16O2S/c1-2-13-8-10-15(11-9-13)18(16,17)12-14-6-4-3-5-7-14/h3-11H,2,12H2,1H3. The van der Waals surface area contributed by atoms with Crippen LogP contribution in [0.25, 0.3) is 0 Å². The maximum atomic E-state index is 12.2. The van der Waals surface area contributed by atoms with E-state index in [4.69, 9.17) is 0 Å². The Labute approximate surface area is 108 Å². The van der Waals surface area contributed by atoms with Gasteiger partial charge in [0.2, 0.25) is 0 Å². The summed E-state index contributed by atoms with van der Waals surface area (Å²) in [6.45, 7) is 2.05. The van der Waals surface area contributed by atoms with Gasteiger partial charge in [0, 0.05) is 0 Å². The molecule has 0 amide bonds. The van der Waals surface area contributed by atoms with Crippen LogP contribution in [0, 0.1) is 0 Å². The summed E-state index contributed by atoms with van der Waals surface area (Å²) in [5.41, 5.74) is 1.96. The van der Waals surface area contributed by atoms with Crippen LogP contribution in [0.3, 0.4) is 0 Å². The molecule has 0 atom stereocenters. The van der Waals surface area contributed by atoms with Crippen LogP contribution < -0.4 is 0 Å². The summed E-state index contributed by atoms with van der Waals surface area (Å²) in [5, 5.41) is 0. The summed E-state index contributed by atoms with van der Waals surface area (Å²) in [7, 11) is -3.24. The number of aryl methyl sites for hydroxylation is 1. The maximum Gasteiger partial charge on any atom is 0.182 e. The number of benzene rings is 2. The summed E-state index contributed by atoms with van der Waals surface area (Å²) in [5.74, 6) is 0.0549. The van der Waals surface area contributed by atoms with Crippen LogP contribution in [0.1, 0.15) is 18.1 Å². The van der Waals surface area contributed by atoms with Crippen molar-refractivity contribution in [3.8, 4) is 0 Å². The van der Waals surface area contributed by atoms with E-state index in [2.05, 4.69) is 0 Å². The van der Waals surface area contributed by atoms with Gasteiger partial charge in [-0.15, -0.1) is 0 Å². The Morgan fingerprint density at radius 1 is 0.833 bits per heavy atom. The third kappa shape index (κ3) is 2.99. The fourth-order valence-electron chi connectivity index (χ4n) is 1.81. The third-order valence-electron chi connectivity index (χ3n) is 2.89. The monoisotopic (exact) mass is 260 g/mol. The van der Waals surface area contributed by atoms with Crippen LogP contribution in [0.5, 0.6) is 0 Å². The highest BCUT2D eigenvalue weighted by molar-refractivity contribution is 7.90. The predicted molar refractivity (Wildman–Crippen MR) is 73.2 cm³/mol. The zero-order valence-electron chi connectivity index (χ0n) is 10.3. The molecule has 94 valence electrons. The summed E-state index contributed by atoms with van der Waals surface area (Å²) in [6, 6.07) is 16.4. The largest absolute Gasteiger partial charge is 0.223 e. The molecule has 0 saturated carbocycles. The van der Waals surface area contributed by atoms with Crippen molar-refractivity contribution in [3.05, 3.63) is 65.7 Å². The van der Waals surface area contributed by atoms with Crippen molar-refractivity contribution in [2.75, 3.05) is 0 Å². The smallest absolute Gasteiger partial charge is 0.182 e. The van der Waals surface area contributed by atoms with Crippen molar-refractivity contribution in [3.63, 3.8) is 0 Å². The SMILES string of the molecule is CCc1ccc(S(=O)(=O)Cc2ccccc2)cc1. The Bertz CT molecular complexity index is 599. The molecule has 18 heavy (non-hydrogen) atoms. The summed E-state index contributed by atoms with van der Waals surface area (Å²) >= 11 is 0. The molecule has 0 fully saturated rings. The van der Waals surface area contributed by atoms with Gasteiger partial charge in [0.25, 0.3) is 0 Å². The number of hydrogen-bond donors (Lipinski definition) is 0. The Morgan fingerprint density at radius 2 is 1.44 bits per heavy atom. The Morgan fingerprint density at radius 3 is 2.00 bits per heavy atom. The maximum absolute atomic E-state index is 12.2. The van der Waals surface area contributed by atoms with Crippen LogP contribution in [-0.4, -0.2) is 8.42 Å². The van der Waals surface area contributed by atoms with Gasteiger partial charge in [0.1, 0.15) is 0 Å². The summed E-state index contributed by atoms with van der Waals surface area (Å²) in [4.78, 5) is 0.392. The van der Waals surface area contributed by atoms with Crippen LogP contribution in [0.4, 0.5) is 0 Å². The molecule has 0 aromatic heterocycles. The zero-order chi connectivity index (χ0) is 13.0. The van der Waals surface area contributed by atoms with Crippen LogP contribution in [0.2, 0.25) is 0 Å². The van der Waals surface area contributed by atoms with Gasteiger partial charge in [-0.2, -0.15) is 0 Å². The molecule has 0 spiro atoms. The molecule has 0 aliphatic heterocycles. The molecule has 2 aromatic carbocycles. The minimum Gasteiger partial charge on any atom is -0.223 e. The molecule has 0 aliphatic rings. The molecule has 0 bridgehead atoms. The van der Waals surface area contributed by atoms with Crippen LogP contribution in [-0.2, 0) is 22.0 Å². The zero-order valence-corrected chi connectivity index (χ0v) is 11.2. The normalized spacial score (nSPS) is 11.4. The second-order valence-electron chi connectivity index (χ2n) is 4.24. The molecule has 3 heteroatoms. The highest BCUT2D eigenvalue weighted by Crippen LogP contribution is 2.17. The fraction of sp³-hybridized carbons (Fsp3) is 0.200. The molecule has 0 N–H and O–H groups in total. The van der Waals surface area contributed by atoms with Crippen LogP contribution >= 0.6 is 0 Å². The Kier molecular flexibility index (Phi) is 3.82. The summed E-state index contributed by atoms with van der Waals surface area (Å²) in [6.07, 6.45) is 0.916. The van der Waals surface area contributed by atoms with Crippen molar-refractivity contribution >= 4 is 9.84 Å². The number of sulfone groups is 1. The first-order valence-corrected chi connectivity index (χ1v) is 7.62. The van der Waals surface area contributed by atoms with Gasteiger partial charge in [0.15, 0.2) is 9.84 Å². The van der Waals surface area contributed by atoms with E-state index in [1.165, 1.54) is 0 Å². The van der Waals surface area contributed by atoms with E-state index in [1.807, 2.05) is 49.4 Å². The van der Waals surface area contributed by atoms with Gasteiger partial charge >= 0.3 is 0 Å². The summed E-state index contributed by atoms with van der Waals surface area (Å²) < 4.78 is 24.4. The van der Waals surface area contributed by atoms with E-state index in [-0.39, 0.29) is 5.75 Å². The quantitative estimate of drug-likeness (QED) is 0.846. The lowest BCUT2D eigenvalue weighted by atomic mass is 10.2. The van der Waals surface area contributed by atoms with Crippen LogP contribution in [0.15, 0.2) is 59.5 Å². The molecule has 2 aromatic rings. The van der Waals surface area contributed by atoms with E-state index < -0.39 is 9.84 Å². The Balaban J connectivity index is 2.25. The minimum atomic E-state index is -3.24. The lowest BCUT2D eigenvalue weighted by Crippen LogP contribution is -2.04. The van der Waals surface area contributed by atoms with Crippen molar-refractivity contribution in [1.82, 2.24) is 0 Å². The molecular weight excluding hydrogens is 244 g/mol. The third-order valence-corrected chi connectivity index (χ3v) is 4.59. The first-order valence-electron chi connectivity index (χ1n) is 5.97. The molecule has 2 nitrogen and oxygen atoms in total. The van der Waals surface area contributed by atoms with E-state index in [0.717, 1.165) is 17.5 Å². The average molecular weight is 260 g/mol. The first-order chi connectivity index (χ1) is 8.62. The topological polar surface area (TPSA) is 34.1 Å². The Hall–Kier alpha value is -1.61. The molecule has 0 aliphatic carbocycles. The predicted octanol–water partition coefficient (Wildman–Crippen LogP) is 3.22. The molecule has 0 heterocycles. The molecule has 0 saturated heterocycles. The molecule has 0 unspecified atom stereocenters. The first kappa shape index (κ1) is 12.8. The van der Waals surface area contributed by atoms with Crippen molar-refractivity contribution < 1.29 is 8.42 Å². The van der Waals surface area contributed by atoms with Gasteiger partial charge in [-0.25, -0.2) is 8.42 Å². The van der Waals surface area contributed by atoms with Gasteiger partial charge in [-0.1, -0.05) is 49.4 Å². The van der Waals surface area contributed by atoms with Gasteiger partial charge in [-0.05, 0) is 29.7 Å². The molecule has 2 rings (SSSR count). The molecule has 0 radical (unpaired) electrons.